The maximum Gasteiger partial charge on any atom is 0.176 e. The molecule has 1 aliphatic heterocycles. The van der Waals surface area contributed by atoms with Gasteiger partial charge in [-0.3, -0.25) is 0 Å². The summed E-state index contributed by atoms with van der Waals surface area (Å²) in [6.45, 7) is 6.07. The number of alkyl halides is 1. The van der Waals surface area contributed by atoms with Crippen LogP contribution in [0.25, 0.3) is 5.57 Å². The third kappa shape index (κ3) is 2.15. The minimum absolute atomic E-state index is 0.0584. The second-order valence-electron chi connectivity index (χ2n) is 5.22. The van der Waals surface area contributed by atoms with E-state index in [1.807, 2.05) is 30.3 Å². The molecule has 2 unspecified atom stereocenters. The molecular weight excluding hydrogens is 253 g/mol. The van der Waals surface area contributed by atoms with Gasteiger partial charge in [-0.25, -0.2) is 14.1 Å². The van der Waals surface area contributed by atoms with Gasteiger partial charge in [0.2, 0.25) is 0 Å². The normalized spacial score (nSPS) is 20.9. The van der Waals surface area contributed by atoms with E-state index in [2.05, 4.69) is 23.6 Å². The molecule has 0 saturated heterocycles. The summed E-state index contributed by atoms with van der Waals surface area (Å²) in [6, 6.07) is 9.85. The Bertz CT molecular complexity index is 618. The summed E-state index contributed by atoms with van der Waals surface area (Å²) in [5.74, 6) is 1.02. The molecule has 104 valence electrons. The molecule has 3 nitrogen and oxygen atoms in total. The lowest BCUT2D eigenvalue weighted by Gasteiger charge is -2.11. The first-order valence-electron chi connectivity index (χ1n) is 7.04. The van der Waals surface area contributed by atoms with Crippen LogP contribution in [0.1, 0.15) is 55.6 Å². The van der Waals surface area contributed by atoms with E-state index < -0.39 is 6.17 Å². The smallest absolute Gasteiger partial charge is 0.176 e. The van der Waals surface area contributed by atoms with Crippen LogP contribution >= 0.6 is 0 Å². The molecule has 0 spiro atoms. The molecular formula is C16H18FN3. The van der Waals surface area contributed by atoms with E-state index in [9.17, 15) is 4.39 Å². The van der Waals surface area contributed by atoms with Crippen molar-refractivity contribution in [2.24, 2.45) is 0 Å². The van der Waals surface area contributed by atoms with Crippen molar-refractivity contribution in [2.75, 3.05) is 0 Å². The molecule has 1 aliphatic rings. The van der Waals surface area contributed by atoms with Crippen LogP contribution in [0.5, 0.6) is 0 Å². The van der Waals surface area contributed by atoms with E-state index in [0.717, 1.165) is 24.0 Å². The molecule has 2 heterocycles. The van der Waals surface area contributed by atoms with E-state index >= 15 is 0 Å². The van der Waals surface area contributed by atoms with Gasteiger partial charge in [0.25, 0.3) is 0 Å². The lowest BCUT2D eigenvalue weighted by molar-refractivity contribution is 0.328. The van der Waals surface area contributed by atoms with Crippen LogP contribution in [0.3, 0.4) is 0 Å². The Balaban J connectivity index is 1.96. The standard InChI is InChI=1S/C16H18FN3/c1-3-7-11(2)15-18-16-13(17)10-14(20(16)19-15)12-8-5-4-6-9-12/h4-6,8-9,13-14H,2-3,7,10H2,1H3. The predicted molar refractivity (Wildman–Crippen MR) is 77.0 cm³/mol. The highest BCUT2D eigenvalue weighted by Gasteiger charge is 2.35. The number of aromatic nitrogens is 3. The van der Waals surface area contributed by atoms with E-state index in [4.69, 9.17) is 0 Å². The summed E-state index contributed by atoms with van der Waals surface area (Å²) in [4.78, 5) is 4.34. The summed E-state index contributed by atoms with van der Waals surface area (Å²) < 4.78 is 15.9. The topological polar surface area (TPSA) is 30.7 Å². The van der Waals surface area contributed by atoms with Crippen LogP contribution in [0.15, 0.2) is 36.9 Å². The minimum atomic E-state index is -1.05. The second-order valence-corrected chi connectivity index (χ2v) is 5.22. The highest BCUT2D eigenvalue weighted by Crippen LogP contribution is 2.39. The Kier molecular flexibility index (Phi) is 3.38. The van der Waals surface area contributed by atoms with E-state index in [1.54, 1.807) is 4.68 Å². The molecule has 4 heteroatoms. The van der Waals surface area contributed by atoms with Gasteiger partial charge < -0.3 is 0 Å². The van der Waals surface area contributed by atoms with Crippen LogP contribution in [0, 0.1) is 0 Å². The van der Waals surface area contributed by atoms with Gasteiger partial charge in [-0.1, -0.05) is 50.3 Å². The van der Waals surface area contributed by atoms with Crippen molar-refractivity contribution in [1.29, 1.82) is 0 Å². The number of allylic oxidation sites excluding steroid dienone is 1. The lowest BCUT2D eigenvalue weighted by Crippen LogP contribution is -2.07. The number of hydrogen-bond acceptors (Lipinski definition) is 2. The Morgan fingerprint density at radius 1 is 1.40 bits per heavy atom. The Labute approximate surface area is 118 Å². The van der Waals surface area contributed by atoms with Crippen molar-refractivity contribution in [3.8, 4) is 0 Å². The number of benzene rings is 1. The van der Waals surface area contributed by atoms with Gasteiger partial charge in [-0.05, 0) is 17.6 Å². The molecule has 2 aromatic rings. The quantitative estimate of drug-likeness (QED) is 0.838. The van der Waals surface area contributed by atoms with Crippen molar-refractivity contribution in [1.82, 2.24) is 14.8 Å². The summed E-state index contributed by atoms with van der Waals surface area (Å²) in [7, 11) is 0. The van der Waals surface area contributed by atoms with E-state index in [-0.39, 0.29) is 6.04 Å². The molecule has 1 aromatic heterocycles. The Morgan fingerprint density at radius 3 is 2.85 bits per heavy atom. The molecule has 20 heavy (non-hydrogen) atoms. The molecule has 0 aliphatic carbocycles. The molecule has 0 saturated carbocycles. The number of rotatable bonds is 4. The van der Waals surface area contributed by atoms with Crippen molar-refractivity contribution >= 4 is 5.57 Å². The zero-order chi connectivity index (χ0) is 14.1. The van der Waals surface area contributed by atoms with Crippen molar-refractivity contribution in [3.05, 3.63) is 54.1 Å². The van der Waals surface area contributed by atoms with E-state index in [0.29, 0.717) is 18.1 Å². The van der Waals surface area contributed by atoms with Crippen LogP contribution in [-0.4, -0.2) is 14.8 Å². The van der Waals surface area contributed by atoms with Crippen molar-refractivity contribution in [3.63, 3.8) is 0 Å². The van der Waals surface area contributed by atoms with Gasteiger partial charge in [0.15, 0.2) is 17.8 Å². The summed E-state index contributed by atoms with van der Waals surface area (Å²) in [5.41, 5.74) is 1.96. The summed E-state index contributed by atoms with van der Waals surface area (Å²) >= 11 is 0. The second kappa shape index (κ2) is 5.19. The number of halogens is 1. The van der Waals surface area contributed by atoms with Gasteiger partial charge in [-0.2, -0.15) is 5.10 Å². The third-order valence-electron chi connectivity index (χ3n) is 3.72. The van der Waals surface area contributed by atoms with Gasteiger partial charge in [-0.15, -0.1) is 0 Å². The van der Waals surface area contributed by atoms with Crippen molar-refractivity contribution < 1.29 is 4.39 Å². The van der Waals surface area contributed by atoms with Crippen LogP contribution in [0.4, 0.5) is 4.39 Å². The summed E-state index contributed by atoms with van der Waals surface area (Å²) in [5, 5.41) is 4.48. The average molecular weight is 271 g/mol. The molecule has 0 fully saturated rings. The fourth-order valence-electron chi connectivity index (χ4n) is 2.70. The highest BCUT2D eigenvalue weighted by molar-refractivity contribution is 5.56. The van der Waals surface area contributed by atoms with Crippen LogP contribution < -0.4 is 0 Å². The molecule has 3 rings (SSSR count). The van der Waals surface area contributed by atoms with Crippen LogP contribution in [0.2, 0.25) is 0 Å². The lowest BCUT2D eigenvalue weighted by atomic mass is 10.0. The Hall–Kier alpha value is -1.97. The molecule has 0 radical (unpaired) electrons. The number of nitrogens with zero attached hydrogens (tertiary/aromatic N) is 3. The fourth-order valence-corrected chi connectivity index (χ4v) is 2.70. The van der Waals surface area contributed by atoms with Gasteiger partial charge in [0, 0.05) is 6.42 Å². The van der Waals surface area contributed by atoms with E-state index in [1.165, 1.54) is 0 Å². The zero-order valence-corrected chi connectivity index (χ0v) is 11.6. The van der Waals surface area contributed by atoms with Gasteiger partial charge in [0.05, 0.1) is 6.04 Å². The largest absolute Gasteiger partial charge is 0.239 e. The molecule has 0 bridgehead atoms. The maximum absolute atomic E-state index is 14.2. The highest BCUT2D eigenvalue weighted by atomic mass is 19.1. The Morgan fingerprint density at radius 2 is 2.15 bits per heavy atom. The average Bonchev–Trinajstić information content (AvgIpc) is 3.01. The molecule has 2 atom stereocenters. The SMILES string of the molecule is C=C(CCC)c1nc2n(n1)C(c1ccccc1)CC2F. The van der Waals surface area contributed by atoms with Crippen molar-refractivity contribution in [2.45, 2.75) is 38.4 Å². The maximum atomic E-state index is 14.2. The first-order valence-corrected chi connectivity index (χ1v) is 7.04. The van der Waals surface area contributed by atoms with Gasteiger partial charge >= 0.3 is 0 Å². The first-order chi connectivity index (χ1) is 9.70. The van der Waals surface area contributed by atoms with Gasteiger partial charge in [0.1, 0.15) is 0 Å². The molecule has 0 amide bonds. The number of hydrogen-bond donors (Lipinski definition) is 0. The van der Waals surface area contributed by atoms with Crippen LogP contribution in [-0.2, 0) is 0 Å². The number of fused-ring (bicyclic) bond motifs is 1. The fraction of sp³-hybridized carbons (Fsp3) is 0.375. The third-order valence-corrected chi connectivity index (χ3v) is 3.72. The molecule has 1 aromatic carbocycles. The first kappa shape index (κ1) is 13.0. The zero-order valence-electron chi connectivity index (χ0n) is 11.6. The molecule has 0 N–H and O–H groups in total. The summed E-state index contributed by atoms with van der Waals surface area (Å²) in [6.07, 6.45) is 1.20. The minimum Gasteiger partial charge on any atom is -0.239 e. The monoisotopic (exact) mass is 271 g/mol. The predicted octanol–water partition coefficient (Wildman–Crippen LogP) is 4.10.